The smallest absolute Gasteiger partial charge is 0.226 e. The Kier molecular flexibility index (Phi) is 7.21. The molecule has 0 radical (unpaired) electrons. The molecule has 1 aliphatic rings. The van der Waals surface area contributed by atoms with Crippen molar-refractivity contribution in [2.24, 2.45) is 4.99 Å². The van der Waals surface area contributed by atoms with Gasteiger partial charge in [-0.3, -0.25) is 9.79 Å². The van der Waals surface area contributed by atoms with Crippen LogP contribution in [0.15, 0.2) is 39.9 Å². The van der Waals surface area contributed by atoms with Crippen molar-refractivity contribution < 1.29 is 13.6 Å². The lowest BCUT2D eigenvalue weighted by Gasteiger charge is -2.18. The summed E-state index contributed by atoms with van der Waals surface area (Å²) < 4.78 is 18.5. The van der Waals surface area contributed by atoms with Gasteiger partial charge in [0.15, 0.2) is 5.96 Å². The number of oxazole rings is 1. The standard InChI is InChI=1S/C21H28FN5O2/c1-3-19(28)27-12-10-17(13-27)26-21(23-4-2)24-11-9-18-14-29-20(25-18)15-5-7-16(22)8-6-15/h5-8,14,17H,3-4,9-13H2,1-2H3,(H2,23,24,26). The number of hydrogen-bond donors (Lipinski definition) is 2. The highest BCUT2D eigenvalue weighted by Gasteiger charge is 2.25. The topological polar surface area (TPSA) is 82.8 Å². The molecular weight excluding hydrogens is 373 g/mol. The highest BCUT2D eigenvalue weighted by atomic mass is 19.1. The van der Waals surface area contributed by atoms with Crippen molar-refractivity contribution in [2.45, 2.75) is 39.2 Å². The molecule has 0 bridgehead atoms. The van der Waals surface area contributed by atoms with Crippen molar-refractivity contribution in [1.82, 2.24) is 20.5 Å². The van der Waals surface area contributed by atoms with Crippen LogP contribution in [0, 0.1) is 5.82 Å². The molecule has 1 unspecified atom stereocenters. The van der Waals surface area contributed by atoms with Crippen molar-refractivity contribution in [3.05, 3.63) is 42.0 Å². The number of amides is 1. The zero-order valence-corrected chi connectivity index (χ0v) is 16.9. The summed E-state index contributed by atoms with van der Waals surface area (Å²) in [6.45, 7) is 6.71. The van der Waals surface area contributed by atoms with E-state index in [1.165, 1.54) is 12.1 Å². The van der Waals surface area contributed by atoms with Gasteiger partial charge in [-0.2, -0.15) is 0 Å². The first-order valence-corrected chi connectivity index (χ1v) is 10.1. The largest absolute Gasteiger partial charge is 0.444 e. The molecule has 29 heavy (non-hydrogen) atoms. The summed E-state index contributed by atoms with van der Waals surface area (Å²) in [6, 6.07) is 6.27. The van der Waals surface area contributed by atoms with Crippen molar-refractivity contribution in [3.8, 4) is 11.5 Å². The molecule has 0 saturated carbocycles. The molecule has 1 saturated heterocycles. The normalized spacial score (nSPS) is 16.9. The molecule has 1 aromatic heterocycles. The van der Waals surface area contributed by atoms with Crippen LogP contribution in [0.3, 0.4) is 0 Å². The van der Waals surface area contributed by atoms with Crippen LogP contribution in [-0.4, -0.2) is 54.0 Å². The molecule has 1 amide bonds. The van der Waals surface area contributed by atoms with Crippen LogP contribution in [0.25, 0.3) is 11.5 Å². The summed E-state index contributed by atoms with van der Waals surface area (Å²) in [7, 11) is 0. The molecule has 1 fully saturated rings. The first-order valence-electron chi connectivity index (χ1n) is 10.1. The maximum atomic E-state index is 13.0. The van der Waals surface area contributed by atoms with E-state index in [0.29, 0.717) is 31.8 Å². The summed E-state index contributed by atoms with van der Waals surface area (Å²) in [5.41, 5.74) is 1.54. The van der Waals surface area contributed by atoms with Gasteiger partial charge in [0.1, 0.15) is 12.1 Å². The lowest BCUT2D eigenvalue weighted by atomic mass is 10.2. The number of rotatable bonds is 7. The lowest BCUT2D eigenvalue weighted by molar-refractivity contribution is -0.129. The maximum Gasteiger partial charge on any atom is 0.226 e. The summed E-state index contributed by atoms with van der Waals surface area (Å²) >= 11 is 0. The highest BCUT2D eigenvalue weighted by molar-refractivity contribution is 5.80. The third kappa shape index (κ3) is 5.79. The Morgan fingerprint density at radius 2 is 2.14 bits per heavy atom. The van der Waals surface area contributed by atoms with E-state index in [-0.39, 0.29) is 17.8 Å². The minimum absolute atomic E-state index is 0.194. The fraction of sp³-hybridized carbons (Fsp3) is 0.476. The van der Waals surface area contributed by atoms with Gasteiger partial charge in [0.25, 0.3) is 0 Å². The number of guanidine groups is 1. The number of nitrogens with one attached hydrogen (secondary N) is 2. The molecule has 8 heteroatoms. The van der Waals surface area contributed by atoms with Crippen LogP contribution < -0.4 is 10.6 Å². The van der Waals surface area contributed by atoms with Gasteiger partial charge in [0, 0.05) is 50.6 Å². The highest BCUT2D eigenvalue weighted by Crippen LogP contribution is 2.19. The minimum Gasteiger partial charge on any atom is -0.444 e. The van der Waals surface area contributed by atoms with Crippen molar-refractivity contribution >= 4 is 11.9 Å². The quantitative estimate of drug-likeness (QED) is 0.550. The van der Waals surface area contributed by atoms with E-state index in [9.17, 15) is 9.18 Å². The van der Waals surface area contributed by atoms with E-state index in [2.05, 4.69) is 20.6 Å². The Hall–Kier alpha value is -2.90. The van der Waals surface area contributed by atoms with E-state index in [4.69, 9.17) is 4.42 Å². The number of benzene rings is 1. The van der Waals surface area contributed by atoms with Crippen molar-refractivity contribution in [3.63, 3.8) is 0 Å². The van der Waals surface area contributed by atoms with Gasteiger partial charge >= 0.3 is 0 Å². The summed E-state index contributed by atoms with van der Waals surface area (Å²) in [5, 5.41) is 6.66. The van der Waals surface area contributed by atoms with Gasteiger partial charge in [0.05, 0.1) is 5.69 Å². The first kappa shape index (κ1) is 20.8. The minimum atomic E-state index is -0.289. The molecule has 1 atom stereocenters. The number of likely N-dealkylation sites (tertiary alicyclic amines) is 1. The van der Waals surface area contributed by atoms with Crippen molar-refractivity contribution in [1.29, 1.82) is 0 Å². The van der Waals surface area contributed by atoms with E-state index >= 15 is 0 Å². The number of halogens is 1. The molecule has 156 valence electrons. The van der Waals surface area contributed by atoms with Crippen LogP contribution in [0.1, 0.15) is 32.4 Å². The Morgan fingerprint density at radius 1 is 1.34 bits per heavy atom. The van der Waals surface area contributed by atoms with Gasteiger partial charge in [-0.1, -0.05) is 6.92 Å². The second-order valence-corrected chi connectivity index (χ2v) is 6.98. The fourth-order valence-corrected chi connectivity index (χ4v) is 3.27. The van der Waals surface area contributed by atoms with E-state index < -0.39 is 0 Å². The lowest BCUT2D eigenvalue weighted by Crippen LogP contribution is -2.45. The van der Waals surface area contributed by atoms with E-state index in [1.807, 2.05) is 18.7 Å². The SMILES string of the molecule is CCNC(=NCCc1coc(-c2ccc(F)cc2)n1)NC1CCN(C(=O)CC)C1. The third-order valence-corrected chi connectivity index (χ3v) is 4.81. The molecular formula is C21H28FN5O2. The Bertz CT molecular complexity index is 834. The third-order valence-electron chi connectivity index (χ3n) is 4.81. The van der Waals surface area contributed by atoms with Crippen LogP contribution in [-0.2, 0) is 11.2 Å². The zero-order chi connectivity index (χ0) is 20.6. The average Bonchev–Trinajstić information content (AvgIpc) is 3.38. The second-order valence-electron chi connectivity index (χ2n) is 6.98. The number of aromatic nitrogens is 1. The molecule has 1 aliphatic heterocycles. The van der Waals surface area contributed by atoms with Gasteiger partial charge in [-0.25, -0.2) is 9.37 Å². The van der Waals surface area contributed by atoms with Crippen LogP contribution in [0.2, 0.25) is 0 Å². The molecule has 7 nitrogen and oxygen atoms in total. The second kappa shape index (κ2) is 10.0. The predicted molar refractivity (Wildman–Crippen MR) is 110 cm³/mol. The first-order chi connectivity index (χ1) is 14.1. The molecule has 1 aromatic carbocycles. The molecule has 2 N–H and O–H groups in total. The van der Waals surface area contributed by atoms with Gasteiger partial charge in [0.2, 0.25) is 11.8 Å². The van der Waals surface area contributed by atoms with Crippen molar-refractivity contribution in [2.75, 3.05) is 26.2 Å². The Morgan fingerprint density at radius 3 is 2.86 bits per heavy atom. The predicted octanol–water partition coefficient (Wildman–Crippen LogP) is 2.59. The van der Waals surface area contributed by atoms with Gasteiger partial charge in [-0.15, -0.1) is 0 Å². The number of carbonyl (C=O) groups is 1. The molecule has 2 heterocycles. The Balaban J connectivity index is 1.53. The number of aliphatic imine (C=N–C) groups is 1. The van der Waals surface area contributed by atoms with Crippen LogP contribution in [0.5, 0.6) is 0 Å². The molecule has 2 aromatic rings. The fourth-order valence-electron chi connectivity index (χ4n) is 3.27. The summed E-state index contributed by atoms with van der Waals surface area (Å²) in [6.07, 6.45) is 3.70. The molecule has 0 spiro atoms. The number of hydrogen-bond acceptors (Lipinski definition) is 4. The number of nitrogens with zero attached hydrogens (tertiary/aromatic N) is 3. The van der Waals surface area contributed by atoms with E-state index in [0.717, 1.165) is 36.7 Å². The van der Waals surface area contributed by atoms with Gasteiger partial charge in [-0.05, 0) is 37.6 Å². The maximum absolute atomic E-state index is 13.0. The monoisotopic (exact) mass is 401 g/mol. The van der Waals surface area contributed by atoms with Crippen LogP contribution >= 0.6 is 0 Å². The zero-order valence-electron chi connectivity index (χ0n) is 16.9. The molecule has 0 aliphatic carbocycles. The summed E-state index contributed by atoms with van der Waals surface area (Å²) in [4.78, 5) is 22.8. The van der Waals surface area contributed by atoms with Crippen LogP contribution in [0.4, 0.5) is 4.39 Å². The number of carbonyl (C=O) groups excluding carboxylic acids is 1. The van der Waals surface area contributed by atoms with E-state index in [1.54, 1.807) is 18.4 Å². The molecule has 3 rings (SSSR count). The average molecular weight is 401 g/mol. The van der Waals surface area contributed by atoms with Gasteiger partial charge < -0.3 is 20.0 Å². The Labute approximate surface area is 170 Å². The summed E-state index contributed by atoms with van der Waals surface area (Å²) in [5.74, 6) is 1.12.